The van der Waals surface area contributed by atoms with Gasteiger partial charge in [-0.3, -0.25) is 10.2 Å². The second kappa shape index (κ2) is 11.1. The largest absolute Gasteiger partial charge is 0.461 e. The molecular formula is C29H28ClF4N5O3S2. The van der Waals surface area contributed by atoms with E-state index in [1.54, 1.807) is 31.9 Å². The van der Waals surface area contributed by atoms with Crippen molar-refractivity contribution >= 4 is 67.0 Å². The van der Waals surface area contributed by atoms with Crippen molar-refractivity contribution in [3.63, 3.8) is 0 Å². The molecule has 1 amide bonds. The fourth-order valence-electron chi connectivity index (χ4n) is 5.91. The zero-order chi connectivity index (χ0) is 31.6. The highest BCUT2D eigenvalue weighted by atomic mass is 35.5. The fourth-order valence-corrected chi connectivity index (χ4v) is 7.63. The fraction of sp³-hybridized carbons (Fsp3) is 0.448. The smallest absolute Gasteiger partial charge is 0.413 e. The molecule has 2 saturated heterocycles. The van der Waals surface area contributed by atoms with Crippen LogP contribution in [0.15, 0.2) is 23.2 Å². The number of amides is 1. The third-order valence-corrected chi connectivity index (χ3v) is 9.59. The lowest BCUT2D eigenvalue weighted by molar-refractivity contribution is 0.00801. The minimum absolute atomic E-state index is 0.0128. The van der Waals surface area contributed by atoms with Gasteiger partial charge in [0.15, 0.2) is 10.9 Å². The predicted molar refractivity (Wildman–Crippen MR) is 163 cm³/mol. The van der Waals surface area contributed by atoms with Crippen molar-refractivity contribution in [1.29, 1.82) is 0 Å². The highest BCUT2D eigenvalue weighted by molar-refractivity contribution is 7.98. The summed E-state index contributed by atoms with van der Waals surface area (Å²) in [6.45, 7) is 5.28. The minimum atomic E-state index is -2.81. The van der Waals surface area contributed by atoms with Crippen LogP contribution in [-0.2, 0) is 4.74 Å². The number of carbonyl (C=O) groups excluding carboxylic acids is 1. The molecule has 0 radical (unpaired) electrons. The summed E-state index contributed by atoms with van der Waals surface area (Å²) in [7, 11) is 0. The molecule has 0 saturated carbocycles. The van der Waals surface area contributed by atoms with Crippen LogP contribution in [0.5, 0.6) is 6.01 Å². The number of alkyl halides is 2. The number of aromatic nitrogens is 3. The molecule has 4 heterocycles. The molecule has 2 aromatic heterocycles. The number of halogens is 5. The topological polar surface area (TPSA) is 89.5 Å². The van der Waals surface area contributed by atoms with Gasteiger partial charge in [0, 0.05) is 22.9 Å². The molecule has 2 aromatic carbocycles. The molecule has 0 aliphatic carbocycles. The molecule has 2 aliphatic rings. The van der Waals surface area contributed by atoms with Gasteiger partial charge in [-0.2, -0.15) is 9.97 Å². The van der Waals surface area contributed by atoms with Gasteiger partial charge < -0.3 is 9.47 Å². The van der Waals surface area contributed by atoms with E-state index in [1.807, 2.05) is 0 Å². The molecule has 15 heteroatoms. The molecule has 234 valence electrons. The maximum atomic E-state index is 16.4. The number of nitrogens with one attached hydrogen (secondary N) is 1. The lowest BCUT2D eigenvalue weighted by Gasteiger charge is -2.30. The molecule has 8 nitrogen and oxygen atoms in total. The number of fused-ring (bicyclic) bond motifs is 3. The number of nitrogens with zero attached hydrogens (tertiary/aromatic N) is 4. The van der Waals surface area contributed by atoms with Crippen LogP contribution in [0.3, 0.4) is 0 Å². The van der Waals surface area contributed by atoms with Gasteiger partial charge in [-0.25, -0.2) is 27.3 Å². The summed E-state index contributed by atoms with van der Waals surface area (Å²) in [4.78, 5) is 27.2. The second-order valence-electron chi connectivity index (χ2n) is 11.9. The Bertz CT molecular complexity index is 1800. The molecule has 1 N–H and O–H groups in total. The van der Waals surface area contributed by atoms with Gasteiger partial charge in [0.1, 0.15) is 28.6 Å². The zero-order valence-electron chi connectivity index (χ0n) is 24.2. The van der Waals surface area contributed by atoms with Crippen molar-refractivity contribution in [2.24, 2.45) is 0 Å². The summed E-state index contributed by atoms with van der Waals surface area (Å²) in [6, 6.07) is 3.89. The van der Waals surface area contributed by atoms with Gasteiger partial charge in [-0.1, -0.05) is 22.9 Å². The Morgan fingerprint density at radius 2 is 1.98 bits per heavy atom. The number of carbonyl (C=O) groups is 1. The summed E-state index contributed by atoms with van der Waals surface area (Å²) < 4.78 is 71.1. The molecule has 44 heavy (non-hydrogen) atoms. The highest BCUT2D eigenvalue weighted by Gasteiger charge is 2.57. The molecule has 1 atom stereocenters. The lowest BCUT2D eigenvalue weighted by Crippen LogP contribution is -2.43. The normalized spacial score (nSPS) is 19.9. The van der Waals surface area contributed by atoms with E-state index in [0.29, 0.717) is 23.4 Å². The van der Waals surface area contributed by atoms with Crippen LogP contribution in [0.1, 0.15) is 40.0 Å². The maximum Gasteiger partial charge on any atom is 0.413 e. The van der Waals surface area contributed by atoms with E-state index in [0.717, 1.165) is 17.8 Å². The first kappa shape index (κ1) is 31.1. The predicted octanol–water partition coefficient (Wildman–Crippen LogP) is 8.16. The van der Waals surface area contributed by atoms with Crippen molar-refractivity contribution in [3.05, 3.63) is 34.9 Å². The molecule has 4 aromatic rings. The monoisotopic (exact) mass is 669 g/mol. The third kappa shape index (κ3) is 5.77. The van der Waals surface area contributed by atoms with E-state index < -0.39 is 34.8 Å². The van der Waals surface area contributed by atoms with Gasteiger partial charge >= 0.3 is 12.1 Å². The molecule has 6 rings (SSSR count). The number of anilines is 1. The van der Waals surface area contributed by atoms with Crippen LogP contribution in [0.2, 0.25) is 5.02 Å². The Labute approximate surface area is 263 Å². The van der Waals surface area contributed by atoms with E-state index in [9.17, 15) is 18.0 Å². The number of ether oxygens (including phenoxy) is 2. The van der Waals surface area contributed by atoms with E-state index >= 15 is 4.39 Å². The summed E-state index contributed by atoms with van der Waals surface area (Å²) in [5, 5.41) is 3.27. The Balaban J connectivity index is 1.39. The lowest BCUT2D eigenvalue weighted by atomic mass is 9.94. The first-order chi connectivity index (χ1) is 20.7. The molecular weight excluding hydrogens is 642 g/mol. The van der Waals surface area contributed by atoms with Crippen LogP contribution in [0, 0.1) is 11.6 Å². The van der Waals surface area contributed by atoms with Crippen molar-refractivity contribution < 1.29 is 31.8 Å². The van der Waals surface area contributed by atoms with E-state index in [1.165, 1.54) is 30.0 Å². The highest BCUT2D eigenvalue weighted by Crippen LogP contribution is 2.47. The molecule has 1 unspecified atom stereocenters. The van der Waals surface area contributed by atoms with Crippen LogP contribution in [-0.4, -0.2) is 69.0 Å². The van der Waals surface area contributed by atoms with Gasteiger partial charge in [-0.05, 0) is 64.6 Å². The first-order valence-corrected chi connectivity index (χ1v) is 16.2. The van der Waals surface area contributed by atoms with E-state index in [-0.39, 0.29) is 62.6 Å². The van der Waals surface area contributed by atoms with Crippen LogP contribution in [0.25, 0.3) is 32.2 Å². The number of thiazole rings is 1. The molecule has 0 spiro atoms. The van der Waals surface area contributed by atoms with Gasteiger partial charge in [0.25, 0.3) is 5.92 Å². The Morgan fingerprint density at radius 3 is 2.70 bits per heavy atom. The van der Waals surface area contributed by atoms with Crippen molar-refractivity contribution in [2.75, 3.05) is 31.3 Å². The quantitative estimate of drug-likeness (QED) is 0.125. The van der Waals surface area contributed by atoms with Crippen molar-refractivity contribution in [1.82, 2.24) is 19.9 Å². The first-order valence-electron chi connectivity index (χ1n) is 13.8. The van der Waals surface area contributed by atoms with Crippen molar-refractivity contribution in [2.45, 2.75) is 62.1 Å². The van der Waals surface area contributed by atoms with E-state index in [4.69, 9.17) is 21.1 Å². The molecule has 0 bridgehead atoms. The van der Waals surface area contributed by atoms with Gasteiger partial charge in [0.2, 0.25) is 0 Å². The Morgan fingerprint density at radius 1 is 1.20 bits per heavy atom. The number of hydrogen-bond donors (Lipinski definition) is 1. The maximum absolute atomic E-state index is 16.4. The third-order valence-electron chi connectivity index (χ3n) is 7.61. The summed E-state index contributed by atoms with van der Waals surface area (Å²) >= 11 is 8.72. The van der Waals surface area contributed by atoms with Crippen LogP contribution < -0.4 is 10.1 Å². The standard InChI is InChI=1S/C29H28ClF4N5O3S2/c1-27(2,3)42-26(40)38-25-36-21-14(6-7-17(31)22(21)44-25)18-16(30)10-15-20(19(18)32)35-24(37-23(15)43-4)41-13-28-8-5-9-39(28)12-29(33,34)11-28/h6-7,10H,5,8-9,11-13H2,1-4H3,(H,36,38,40). The average Bonchev–Trinajstić information content (AvgIpc) is 3.58. The van der Waals surface area contributed by atoms with Crippen molar-refractivity contribution in [3.8, 4) is 17.1 Å². The average molecular weight is 670 g/mol. The minimum Gasteiger partial charge on any atom is -0.461 e. The summed E-state index contributed by atoms with van der Waals surface area (Å²) in [6.07, 6.45) is 1.98. The summed E-state index contributed by atoms with van der Waals surface area (Å²) in [5.74, 6) is -4.24. The second-order valence-corrected chi connectivity index (χ2v) is 14.1. The van der Waals surface area contributed by atoms with Gasteiger partial charge in [-0.15, -0.1) is 11.8 Å². The Hall–Kier alpha value is -2.94. The molecule has 2 fully saturated rings. The number of thioether (sulfide) groups is 1. The number of hydrogen-bond acceptors (Lipinski definition) is 9. The SMILES string of the molecule is CSc1nc(OCC23CCCN2CC(F)(F)C3)nc2c(F)c(-c3ccc(F)c4sc(NC(=O)OC(C)(C)C)nc34)c(Cl)cc12. The van der Waals surface area contributed by atoms with E-state index in [2.05, 4.69) is 20.3 Å². The number of rotatable bonds is 6. The zero-order valence-corrected chi connectivity index (χ0v) is 26.6. The Kier molecular flexibility index (Phi) is 7.87. The summed E-state index contributed by atoms with van der Waals surface area (Å²) in [5.41, 5.74) is -1.51. The van der Waals surface area contributed by atoms with Crippen LogP contribution >= 0.6 is 34.7 Å². The van der Waals surface area contributed by atoms with Gasteiger partial charge in [0.05, 0.1) is 27.3 Å². The molecule has 2 aliphatic heterocycles. The number of benzene rings is 2. The van der Waals surface area contributed by atoms with Crippen LogP contribution in [0.4, 0.5) is 27.5 Å².